The number of nitrogens with one attached hydrogen (secondary N) is 1. The highest BCUT2D eigenvalue weighted by molar-refractivity contribution is 6.30. The van der Waals surface area contributed by atoms with E-state index >= 15 is 0 Å². The summed E-state index contributed by atoms with van der Waals surface area (Å²) in [6, 6.07) is 16.2. The first-order valence-corrected chi connectivity index (χ1v) is 8.47. The molecule has 0 aliphatic carbocycles. The van der Waals surface area contributed by atoms with Crippen molar-refractivity contribution in [2.24, 2.45) is 0 Å². The van der Waals surface area contributed by atoms with Gasteiger partial charge in [-0.15, -0.1) is 0 Å². The summed E-state index contributed by atoms with van der Waals surface area (Å²) in [7, 11) is 0. The molecule has 1 atom stereocenters. The molecule has 1 heterocycles. The zero-order valence-electron chi connectivity index (χ0n) is 13.4. The van der Waals surface area contributed by atoms with Crippen molar-refractivity contribution in [1.82, 2.24) is 5.32 Å². The summed E-state index contributed by atoms with van der Waals surface area (Å²) < 4.78 is 0. The molecule has 2 aromatic rings. The number of hydrogen-bond donors (Lipinski definition) is 2. The van der Waals surface area contributed by atoms with E-state index < -0.39 is 0 Å². The topological polar surface area (TPSA) is 59.3 Å². The lowest BCUT2D eigenvalue weighted by molar-refractivity contribution is 0.299. The highest BCUT2D eigenvalue weighted by Crippen LogP contribution is 2.32. The summed E-state index contributed by atoms with van der Waals surface area (Å²) in [5.41, 5.74) is 3.76. The Morgan fingerprint density at radius 1 is 1.25 bits per heavy atom. The fourth-order valence-corrected chi connectivity index (χ4v) is 3.31. The van der Waals surface area contributed by atoms with E-state index in [0.717, 1.165) is 35.9 Å². The molecule has 0 aromatic heterocycles. The molecule has 1 aliphatic rings. The van der Waals surface area contributed by atoms with Gasteiger partial charge in [0, 0.05) is 31.3 Å². The third-order valence-electron chi connectivity index (χ3n) is 4.39. The molecule has 2 N–H and O–H groups in total. The molecule has 0 saturated carbocycles. The van der Waals surface area contributed by atoms with Gasteiger partial charge in [0.05, 0.1) is 17.3 Å². The molecule has 0 amide bonds. The minimum absolute atomic E-state index is 0.0885. The number of halogens is 1. The Hall–Kier alpha value is -2.06. The number of rotatable bonds is 4. The van der Waals surface area contributed by atoms with Crippen LogP contribution in [0.15, 0.2) is 42.5 Å². The maximum absolute atomic E-state index is 9.56. The van der Waals surface area contributed by atoms with E-state index in [1.54, 1.807) is 0 Å². The fraction of sp³-hybridized carbons (Fsp3) is 0.316. The van der Waals surface area contributed by atoms with Crippen molar-refractivity contribution in [3.63, 3.8) is 0 Å². The van der Waals surface area contributed by atoms with Gasteiger partial charge in [-0.05, 0) is 41.8 Å². The van der Waals surface area contributed by atoms with Crippen LogP contribution in [-0.4, -0.2) is 31.3 Å². The minimum Gasteiger partial charge on any atom is -0.396 e. The van der Waals surface area contributed by atoms with E-state index in [-0.39, 0.29) is 12.6 Å². The average molecular weight is 342 g/mol. The van der Waals surface area contributed by atoms with Crippen molar-refractivity contribution in [2.45, 2.75) is 12.5 Å². The molecular formula is C19H20ClN3O. The van der Waals surface area contributed by atoms with Crippen LogP contribution in [0.3, 0.4) is 0 Å². The van der Waals surface area contributed by atoms with Crippen LogP contribution in [0.4, 0.5) is 5.69 Å². The number of nitriles is 1. The summed E-state index contributed by atoms with van der Waals surface area (Å²) in [5, 5.41) is 22.8. The second-order valence-corrected chi connectivity index (χ2v) is 6.34. The summed E-state index contributed by atoms with van der Waals surface area (Å²) in [5.74, 6) is 0. The predicted octanol–water partition coefficient (Wildman–Crippen LogP) is 2.90. The van der Waals surface area contributed by atoms with Gasteiger partial charge < -0.3 is 15.3 Å². The summed E-state index contributed by atoms with van der Waals surface area (Å²) >= 11 is 6.01. The highest BCUT2D eigenvalue weighted by atomic mass is 35.5. The van der Waals surface area contributed by atoms with E-state index in [1.807, 2.05) is 42.5 Å². The van der Waals surface area contributed by atoms with E-state index in [9.17, 15) is 5.26 Å². The Morgan fingerprint density at radius 3 is 2.75 bits per heavy atom. The second kappa shape index (κ2) is 7.67. The summed E-state index contributed by atoms with van der Waals surface area (Å²) in [6.07, 6.45) is 0.567. The molecule has 1 unspecified atom stereocenters. The number of aliphatic hydroxyl groups excluding tert-OH is 1. The number of benzene rings is 2. The Balaban J connectivity index is 1.96. The molecule has 0 bridgehead atoms. The molecule has 124 valence electrons. The van der Waals surface area contributed by atoms with E-state index in [4.69, 9.17) is 16.7 Å². The largest absolute Gasteiger partial charge is 0.396 e. The zero-order valence-corrected chi connectivity index (χ0v) is 14.1. The van der Waals surface area contributed by atoms with Crippen molar-refractivity contribution >= 4 is 17.3 Å². The number of aliphatic hydroxyl groups is 1. The van der Waals surface area contributed by atoms with Gasteiger partial charge >= 0.3 is 0 Å². The van der Waals surface area contributed by atoms with Crippen LogP contribution in [0.5, 0.6) is 0 Å². The molecule has 4 nitrogen and oxygen atoms in total. The van der Waals surface area contributed by atoms with Crippen LogP contribution in [0, 0.1) is 11.3 Å². The molecule has 1 fully saturated rings. The van der Waals surface area contributed by atoms with Gasteiger partial charge in [0.25, 0.3) is 0 Å². The number of piperazine rings is 1. The quantitative estimate of drug-likeness (QED) is 0.897. The van der Waals surface area contributed by atoms with Crippen molar-refractivity contribution in [3.05, 3.63) is 64.2 Å². The Bertz CT molecular complexity index is 739. The van der Waals surface area contributed by atoms with Gasteiger partial charge in [-0.1, -0.05) is 29.8 Å². The fourth-order valence-electron chi connectivity index (χ4n) is 3.18. The zero-order chi connectivity index (χ0) is 16.9. The summed E-state index contributed by atoms with van der Waals surface area (Å²) in [4.78, 5) is 2.28. The molecule has 24 heavy (non-hydrogen) atoms. The van der Waals surface area contributed by atoms with E-state index in [2.05, 4.69) is 16.3 Å². The maximum atomic E-state index is 9.56. The molecule has 5 heteroatoms. The van der Waals surface area contributed by atoms with Crippen LogP contribution in [0.25, 0.3) is 0 Å². The molecule has 0 spiro atoms. The normalized spacial score (nSPS) is 17.5. The van der Waals surface area contributed by atoms with Gasteiger partial charge in [0.2, 0.25) is 0 Å². The van der Waals surface area contributed by atoms with Crippen molar-refractivity contribution in [3.8, 4) is 6.07 Å². The van der Waals surface area contributed by atoms with Crippen LogP contribution >= 0.6 is 11.6 Å². The van der Waals surface area contributed by atoms with Crippen LogP contribution in [0.2, 0.25) is 5.02 Å². The predicted molar refractivity (Wildman–Crippen MR) is 96.4 cm³/mol. The molecule has 3 rings (SSSR count). The second-order valence-electron chi connectivity index (χ2n) is 5.90. The van der Waals surface area contributed by atoms with E-state index in [1.165, 1.54) is 5.56 Å². The van der Waals surface area contributed by atoms with Gasteiger partial charge in [-0.3, -0.25) is 0 Å². The van der Waals surface area contributed by atoms with Crippen molar-refractivity contribution in [2.75, 3.05) is 31.1 Å². The molecular weight excluding hydrogens is 322 g/mol. The maximum Gasteiger partial charge on any atom is 0.101 e. The monoisotopic (exact) mass is 341 g/mol. The first kappa shape index (κ1) is 16.8. The number of hydrogen-bond acceptors (Lipinski definition) is 4. The molecule has 1 aliphatic heterocycles. The number of nitrogens with zero attached hydrogens (tertiary/aromatic N) is 2. The lowest BCUT2D eigenvalue weighted by Gasteiger charge is -2.39. The van der Waals surface area contributed by atoms with Crippen molar-refractivity contribution in [1.29, 1.82) is 5.26 Å². The van der Waals surface area contributed by atoms with Gasteiger partial charge in [0.15, 0.2) is 0 Å². The third-order valence-corrected chi connectivity index (χ3v) is 4.64. The summed E-state index contributed by atoms with van der Waals surface area (Å²) in [6.45, 7) is 2.63. The standard InChI is InChI=1S/C19H20ClN3O/c20-17-4-2-15(3-5-17)19-13-22-8-9-23(19)18-6-1-14(7-10-24)11-16(18)12-21/h1-6,11,19,22,24H,7-10,13H2. The minimum atomic E-state index is 0.0885. The first-order chi connectivity index (χ1) is 11.7. The Morgan fingerprint density at radius 2 is 2.04 bits per heavy atom. The van der Waals surface area contributed by atoms with Crippen LogP contribution in [0.1, 0.15) is 22.7 Å². The molecule has 2 aromatic carbocycles. The average Bonchev–Trinajstić information content (AvgIpc) is 2.63. The smallest absolute Gasteiger partial charge is 0.101 e. The molecule has 1 saturated heterocycles. The SMILES string of the molecule is N#Cc1cc(CCO)ccc1N1CCNCC1c1ccc(Cl)cc1. The van der Waals surface area contributed by atoms with Gasteiger partial charge in [-0.25, -0.2) is 0 Å². The number of anilines is 1. The Labute approximate surface area is 147 Å². The van der Waals surface area contributed by atoms with Crippen LogP contribution in [-0.2, 0) is 6.42 Å². The Kier molecular flexibility index (Phi) is 5.37. The van der Waals surface area contributed by atoms with Crippen molar-refractivity contribution < 1.29 is 5.11 Å². The third kappa shape index (κ3) is 3.54. The highest BCUT2D eigenvalue weighted by Gasteiger charge is 2.25. The molecule has 0 radical (unpaired) electrons. The lowest BCUT2D eigenvalue weighted by Crippen LogP contribution is -2.46. The van der Waals surface area contributed by atoms with Gasteiger partial charge in [0.1, 0.15) is 6.07 Å². The van der Waals surface area contributed by atoms with Crippen LogP contribution < -0.4 is 10.2 Å². The van der Waals surface area contributed by atoms with E-state index in [0.29, 0.717) is 12.0 Å². The first-order valence-electron chi connectivity index (χ1n) is 8.09. The van der Waals surface area contributed by atoms with Gasteiger partial charge in [-0.2, -0.15) is 5.26 Å². The lowest BCUT2D eigenvalue weighted by atomic mass is 10.00.